The van der Waals surface area contributed by atoms with Gasteiger partial charge in [-0.1, -0.05) is 0 Å². The van der Waals surface area contributed by atoms with Gasteiger partial charge in [0.2, 0.25) is 12.7 Å². The van der Waals surface area contributed by atoms with Crippen molar-refractivity contribution in [1.29, 1.82) is 0 Å². The van der Waals surface area contributed by atoms with Crippen LogP contribution in [0.2, 0.25) is 0 Å². The zero-order valence-corrected chi connectivity index (χ0v) is 10.2. The number of nitrogens with zero attached hydrogens (tertiary/aromatic N) is 1. The summed E-state index contributed by atoms with van der Waals surface area (Å²) in [4.78, 5) is 11.2. The van der Waals surface area contributed by atoms with Gasteiger partial charge in [0.1, 0.15) is 5.75 Å². The lowest BCUT2D eigenvalue weighted by Gasteiger charge is -2.10. The molecule has 0 bridgehead atoms. The van der Waals surface area contributed by atoms with Gasteiger partial charge in [0, 0.05) is 19.5 Å². The molecule has 98 valence electrons. The second-order valence-electron chi connectivity index (χ2n) is 3.97. The van der Waals surface area contributed by atoms with Crippen molar-refractivity contribution in [3.05, 3.63) is 18.2 Å². The summed E-state index contributed by atoms with van der Waals surface area (Å²) in [5.41, 5.74) is 0. The van der Waals surface area contributed by atoms with E-state index in [4.69, 9.17) is 20.1 Å². The Hall–Kier alpha value is -1.95. The van der Waals surface area contributed by atoms with Crippen LogP contribution in [0.3, 0.4) is 0 Å². The molecule has 1 aliphatic rings. The fourth-order valence-electron chi connectivity index (χ4n) is 1.56. The highest BCUT2D eigenvalue weighted by molar-refractivity contribution is 5.75. The number of nitrogens with two attached hydrogens (primary N) is 1. The molecule has 0 aliphatic carbocycles. The summed E-state index contributed by atoms with van der Waals surface area (Å²) in [5.74, 6) is 7.31. The molecule has 6 nitrogen and oxygen atoms in total. The van der Waals surface area contributed by atoms with E-state index in [-0.39, 0.29) is 12.7 Å². The first-order valence-electron chi connectivity index (χ1n) is 5.70. The number of hydrazine groups is 1. The number of hydrogen-bond donors (Lipinski definition) is 1. The Morgan fingerprint density at radius 1 is 1.44 bits per heavy atom. The van der Waals surface area contributed by atoms with Gasteiger partial charge in [0.15, 0.2) is 11.5 Å². The highest BCUT2D eigenvalue weighted by Crippen LogP contribution is 2.35. The number of carbonyl (C=O) groups excluding carboxylic acids is 1. The van der Waals surface area contributed by atoms with Crippen LogP contribution < -0.4 is 20.1 Å². The topological polar surface area (TPSA) is 74.0 Å². The summed E-state index contributed by atoms with van der Waals surface area (Å²) in [6.45, 7) is 0.704. The van der Waals surface area contributed by atoms with E-state index in [1.807, 2.05) is 6.07 Å². The van der Waals surface area contributed by atoms with E-state index in [1.54, 1.807) is 12.1 Å². The van der Waals surface area contributed by atoms with E-state index in [0.29, 0.717) is 30.9 Å². The van der Waals surface area contributed by atoms with Crippen molar-refractivity contribution in [2.45, 2.75) is 12.8 Å². The molecule has 0 unspecified atom stereocenters. The summed E-state index contributed by atoms with van der Waals surface area (Å²) in [5, 5.41) is 1.08. The van der Waals surface area contributed by atoms with Gasteiger partial charge in [-0.05, 0) is 18.6 Å². The number of fused-ring (bicyclic) bond motifs is 1. The van der Waals surface area contributed by atoms with Crippen molar-refractivity contribution in [3.63, 3.8) is 0 Å². The summed E-state index contributed by atoms with van der Waals surface area (Å²) in [6.07, 6.45) is 0.992. The molecular weight excluding hydrogens is 236 g/mol. The molecule has 6 heteroatoms. The quantitative estimate of drug-likeness (QED) is 0.365. The Labute approximate surface area is 105 Å². The lowest BCUT2D eigenvalue weighted by atomic mass is 10.3. The Bertz CT molecular complexity index is 434. The molecule has 1 aliphatic heterocycles. The molecule has 0 aromatic heterocycles. The maximum Gasteiger partial charge on any atom is 0.236 e. The average Bonchev–Trinajstić information content (AvgIpc) is 2.81. The third-order valence-electron chi connectivity index (χ3n) is 2.54. The van der Waals surface area contributed by atoms with Gasteiger partial charge in [-0.15, -0.1) is 0 Å². The van der Waals surface area contributed by atoms with Gasteiger partial charge < -0.3 is 14.2 Å². The molecule has 1 aromatic carbocycles. The van der Waals surface area contributed by atoms with E-state index >= 15 is 0 Å². The number of carbonyl (C=O) groups is 1. The van der Waals surface area contributed by atoms with Crippen LogP contribution in [-0.2, 0) is 4.79 Å². The summed E-state index contributed by atoms with van der Waals surface area (Å²) in [6, 6.07) is 5.39. The smallest absolute Gasteiger partial charge is 0.236 e. The Morgan fingerprint density at radius 3 is 3.00 bits per heavy atom. The van der Waals surface area contributed by atoms with Gasteiger partial charge in [0.25, 0.3) is 0 Å². The highest BCUT2D eigenvalue weighted by atomic mass is 16.7. The van der Waals surface area contributed by atoms with Crippen molar-refractivity contribution < 1.29 is 19.0 Å². The van der Waals surface area contributed by atoms with Crippen molar-refractivity contribution in [2.75, 3.05) is 20.4 Å². The molecule has 0 atom stereocenters. The van der Waals surface area contributed by atoms with Crippen LogP contribution in [-0.4, -0.2) is 31.4 Å². The maximum absolute atomic E-state index is 11.2. The van der Waals surface area contributed by atoms with Crippen molar-refractivity contribution in [1.82, 2.24) is 5.01 Å². The standard InChI is InChI=1S/C12H16N2O4/c1-14(13)12(15)3-2-6-16-9-4-5-10-11(7-9)18-8-17-10/h4-5,7H,2-3,6,8,13H2,1H3. The van der Waals surface area contributed by atoms with Gasteiger partial charge in [-0.25, -0.2) is 5.84 Å². The molecule has 2 rings (SSSR count). The molecule has 0 saturated carbocycles. The van der Waals surface area contributed by atoms with Crippen molar-refractivity contribution in [3.8, 4) is 17.2 Å². The molecule has 0 fully saturated rings. The molecule has 0 spiro atoms. The normalized spacial score (nSPS) is 12.3. The number of rotatable bonds is 5. The monoisotopic (exact) mass is 252 g/mol. The fourth-order valence-corrected chi connectivity index (χ4v) is 1.56. The second kappa shape index (κ2) is 5.59. The van der Waals surface area contributed by atoms with Crippen LogP contribution in [0.4, 0.5) is 0 Å². The highest BCUT2D eigenvalue weighted by Gasteiger charge is 2.13. The first kappa shape index (κ1) is 12.5. The molecule has 0 radical (unpaired) electrons. The first-order valence-corrected chi connectivity index (χ1v) is 5.70. The van der Waals surface area contributed by atoms with E-state index in [2.05, 4.69) is 0 Å². The van der Waals surface area contributed by atoms with E-state index in [0.717, 1.165) is 10.8 Å². The minimum atomic E-state index is -0.107. The van der Waals surface area contributed by atoms with Gasteiger partial charge in [-0.2, -0.15) is 0 Å². The zero-order valence-electron chi connectivity index (χ0n) is 10.2. The van der Waals surface area contributed by atoms with Gasteiger partial charge >= 0.3 is 0 Å². The largest absolute Gasteiger partial charge is 0.493 e. The number of hydrogen-bond acceptors (Lipinski definition) is 5. The van der Waals surface area contributed by atoms with Crippen LogP contribution in [0.5, 0.6) is 17.2 Å². The lowest BCUT2D eigenvalue weighted by molar-refractivity contribution is -0.130. The van der Waals surface area contributed by atoms with Crippen LogP contribution in [0.1, 0.15) is 12.8 Å². The molecule has 0 saturated heterocycles. The lowest BCUT2D eigenvalue weighted by Crippen LogP contribution is -2.33. The summed E-state index contributed by atoms with van der Waals surface area (Å²) < 4.78 is 15.9. The van der Waals surface area contributed by atoms with Crippen molar-refractivity contribution in [2.24, 2.45) is 5.84 Å². The number of ether oxygens (including phenoxy) is 3. The Morgan fingerprint density at radius 2 is 2.22 bits per heavy atom. The molecule has 1 heterocycles. The van der Waals surface area contributed by atoms with Crippen LogP contribution in [0.15, 0.2) is 18.2 Å². The third-order valence-corrected chi connectivity index (χ3v) is 2.54. The Kier molecular flexibility index (Phi) is 3.88. The second-order valence-corrected chi connectivity index (χ2v) is 3.97. The molecule has 18 heavy (non-hydrogen) atoms. The summed E-state index contributed by atoms with van der Waals surface area (Å²) >= 11 is 0. The van der Waals surface area contributed by atoms with E-state index < -0.39 is 0 Å². The molecule has 1 aromatic rings. The fraction of sp³-hybridized carbons (Fsp3) is 0.417. The first-order chi connectivity index (χ1) is 8.66. The van der Waals surface area contributed by atoms with Gasteiger partial charge in [0.05, 0.1) is 6.61 Å². The Balaban J connectivity index is 1.75. The minimum Gasteiger partial charge on any atom is -0.493 e. The van der Waals surface area contributed by atoms with Crippen LogP contribution in [0, 0.1) is 0 Å². The minimum absolute atomic E-state index is 0.107. The average molecular weight is 252 g/mol. The molecule has 1 amide bonds. The molecule has 2 N–H and O–H groups in total. The predicted molar refractivity (Wildman–Crippen MR) is 64.3 cm³/mol. The summed E-state index contributed by atoms with van der Waals surface area (Å²) in [7, 11) is 1.53. The van der Waals surface area contributed by atoms with E-state index in [1.165, 1.54) is 7.05 Å². The number of amides is 1. The van der Waals surface area contributed by atoms with Gasteiger partial charge in [-0.3, -0.25) is 9.80 Å². The predicted octanol–water partition coefficient (Wildman–Crippen LogP) is 0.906. The third kappa shape index (κ3) is 3.04. The van der Waals surface area contributed by atoms with Crippen LogP contribution in [0.25, 0.3) is 0 Å². The zero-order chi connectivity index (χ0) is 13.0. The van der Waals surface area contributed by atoms with Crippen molar-refractivity contribution >= 4 is 5.91 Å². The maximum atomic E-state index is 11.2. The van der Waals surface area contributed by atoms with Crippen LogP contribution >= 0.6 is 0 Å². The SMILES string of the molecule is CN(N)C(=O)CCCOc1ccc2c(c1)OCO2. The number of benzene rings is 1. The van der Waals surface area contributed by atoms with E-state index in [9.17, 15) is 4.79 Å². The molecular formula is C12H16N2O4.